The van der Waals surface area contributed by atoms with Crippen LogP contribution in [0.15, 0.2) is 65.7 Å². The summed E-state index contributed by atoms with van der Waals surface area (Å²) >= 11 is 0. The summed E-state index contributed by atoms with van der Waals surface area (Å²) in [4.78, 5) is 17.0. The second-order valence-electron chi connectivity index (χ2n) is 7.15. The summed E-state index contributed by atoms with van der Waals surface area (Å²) in [5, 5.41) is 14.4. The van der Waals surface area contributed by atoms with Gasteiger partial charge in [-0.15, -0.1) is 15.3 Å². The first-order valence-corrected chi connectivity index (χ1v) is 9.69. The van der Waals surface area contributed by atoms with Gasteiger partial charge in [-0.05, 0) is 28.5 Å². The Morgan fingerprint density at radius 3 is 2.72 bits per heavy atom. The molecule has 1 fully saturated rings. The molecule has 3 aromatic rings. The molecule has 1 aromatic heterocycles. The molecule has 7 heteroatoms. The van der Waals surface area contributed by atoms with Gasteiger partial charge in [0.2, 0.25) is 5.91 Å². The molecule has 0 radical (unpaired) electrons. The van der Waals surface area contributed by atoms with Gasteiger partial charge in [-0.1, -0.05) is 42.5 Å². The molecule has 2 aliphatic rings. The molecule has 0 bridgehead atoms. The maximum Gasteiger partial charge on any atom is 0.227 e. The van der Waals surface area contributed by atoms with Crippen molar-refractivity contribution in [1.29, 1.82) is 0 Å². The SMILES string of the molecule is O=C(Cc1cccc2ccccc12)N1CCN(C2=C=Nn3cnnc3C=C2)CC1. The second-order valence-corrected chi connectivity index (χ2v) is 7.15. The van der Waals surface area contributed by atoms with E-state index < -0.39 is 0 Å². The predicted molar refractivity (Wildman–Crippen MR) is 111 cm³/mol. The van der Waals surface area contributed by atoms with Gasteiger partial charge in [-0.25, -0.2) is 0 Å². The molecule has 5 rings (SSSR count). The van der Waals surface area contributed by atoms with Gasteiger partial charge in [0.1, 0.15) is 12.0 Å². The Hall–Kier alpha value is -3.70. The van der Waals surface area contributed by atoms with Crippen molar-refractivity contribution in [2.24, 2.45) is 5.10 Å². The molecule has 2 aliphatic heterocycles. The Morgan fingerprint density at radius 1 is 1.00 bits per heavy atom. The molecule has 3 heterocycles. The smallest absolute Gasteiger partial charge is 0.227 e. The van der Waals surface area contributed by atoms with Crippen LogP contribution < -0.4 is 0 Å². The van der Waals surface area contributed by atoms with Gasteiger partial charge in [0.25, 0.3) is 0 Å². The molecule has 0 unspecified atom stereocenters. The molecule has 0 spiro atoms. The summed E-state index contributed by atoms with van der Waals surface area (Å²) in [6.07, 6.45) is 5.81. The third kappa shape index (κ3) is 3.44. The van der Waals surface area contributed by atoms with Crippen molar-refractivity contribution in [2.75, 3.05) is 26.2 Å². The summed E-state index contributed by atoms with van der Waals surface area (Å²) in [6, 6.07) is 14.4. The Kier molecular flexibility index (Phi) is 4.42. The van der Waals surface area contributed by atoms with Crippen LogP contribution in [0.2, 0.25) is 0 Å². The van der Waals surface area contributed by atoms with Crippen molar-refractivity contribution in [3.8, 4) is 0 Å². The van der Waals surface area contributed by atoms with Gasteiger partial charge >= 0.3 is 0 Å². The molecule has 0 saturated carbocycles. The number of fused-ring (bicyclic) bond motifs is 2. The van der Waals surface area contributed by atoms with E-state index >= 15 is 0 Å². The average Bonchev–Trinajstić information content (AvgIpc) is 3.12. The summed E-state index contributed by atoms with van der Waals surface area (Å²) in [6.45, 7) is 2.89. The normalized spacial score (nSPS) is 15.9. The number of piperazine rings is 1. The zero-order valence-electron chi connectivity index (χ0n) is 15.9. The standard InChI is InChI=1S/C22H20N6O/c29-22(14-18-6-3-5-17-4-1-2-7-20(17)18)27-12-10-26(11-13-27)19-8-9-21-25-23-16-28(21)24-15-19/h1-9,16H,10-14H2. The highest BCUT2D eigenvalue weighted by molar-refractivity contribution is 5.90. The van der Waals surface area contributed by atoms with E-state index in [9.17, 15) is 4.79 Å². The molecule has 29 heavy (non-hydrogen) atoms. The van der Waals surface area contributed by atoms with Crippen LogP contribution in [0.1, 0.15) is 11.4 Å². The van der Waals surface area contributed by atoms with Crippen LogP contribution in [0.4, 0.5) is 0 Å². The van der Waals surface area contributed by atoms with Gasteiger partial charge in [-0.2, -0.15) is 4.68 Å². The van der Waals surface area contributed by atoms with Gasteiger partial charge in [-0.3, -0.25) is 4.79 Å². The lowest BCUT2D eigenvalue weighted by Crippen LogP contribution is -2.48. The molecule has 2 aromatic carbocycles. The van der Waals surface area contributed by atoms with Crippen molar-refractivity contribution in [3.63, 3.8) is 0 Å². The number of hydrogen-bond acceptors (Lipinski definition) is 5. The van der Waals surface area contributed by atoms with Gasteiger partial charge in [0.05, 0.1) is 6.42 Å². The number of aromatic nitrogens is 3. The van der Waals surface area contributed by atoms with Crippen molar-refractivity contribution >= 4 is 28.6 Å². The fourth-order valence-corrected chi connectivity index (χ4v) is 3.82. The van der Waals surface area contributed by atoms with Crippen molar-refractivity contribution < 1.29 is 4.79 Å². The van der Waals surface area contributed by atoms with E-state index in [4.69, 9.17) is 0 Å². The molecule has 1 amide bonds. The van der Waals surface area contributed by atoms with E-state index in [1.54, 1.807) is 11.0 Å². The monoisotopic (exact) mass is 384 g/mol. The fourth-order valence-electron chi connectivity index (χ4n) is 3.82. The summed E-state index contributed by atoms with van der Waals surface area (Å²) < 4.78 is 1.59. The maximum atomic E-state index is 12.9. The number of amides is 1. The van der Waals surface area contributed by atoms with Crippen LogP contribution in [0, 0.1) is 0 Å². The molecule has 0 N–H and O–H groups in total. The van der Waals surface area contributed by atoms with Crippen LogP contribution in [-0.4, -0.2) is 62.6 Å². The fraction of sp³-hybridized carbons (Fsp3) is 0.227. The number of hydrogen-bond donors (Lipinski definition) is 0. The highest BCUT2D eigenvalue weighted by Gasteiger charge is 2.22. The van der Waals surface area contributed by atoms with Crippen molar-refractivity contribution in [3.05, 3.63) is 72.0 Å². The Labute approximate surface area is 168 Å². The molecule has 144 valence electrons. The quantitative estimate of drug-likeness (QED) is 0.694. The minimum atomic E-state index is 0.172. The lowest BCUT2D eigenvalue weighted by atomic mass is 10.0. The van der Waals surface area contributed by atoms with E-state index in [1.807, 2.05) is 41.3 Å². The first-order valence-electron chi connectivity index (χ1n) is 9.69. The highest BCUT2D eigenvalue weighted by Crippen LogP contribution is 2.20. The zero-order chi connectivity index (χ0) is 19.6. The third-order valence-corrected chi connectivity index (χ3v) is 5.41. The first-order chi connectivity index (χ1) is 14.3. The third-order valence-electron chi connectivity index (χ3n) is 5.41. The lowest BCUT2D eigenvalue weighted by Gasteiger charge is -2.35. The topological polar surface area (TPSA) is 66.6 Å². The molecular formula is C22H20N6O. The number of rotatable bonds is 3. The van der Waals surface area contributed by atoms with E-state index in [0.717, 1.165) is 29.7 Å². The average molecular weight is 384 g/mol. The summed E-state index contributed by atoms with van der Waals surface area (Å²) in [5.74, 6) is 3.91. The second kappa shape index (κ2) is 7.37. The number of allylic oxidation sites excluding steroid dienone is 1. The van der Waals surface area contributed by atoms with Crippen LogP contribution >= 0.6 is 0 Å². The number of carbonyl (C=O) groups excluding carboxylic acids is 1. The molecule has 0 atom stereocenters. The Balaban J connectivity index is 1.25. The zero-order valence-corrected chi connectivity index (χ0v) is 15.9. The summed E-state index contributed by atoms with van der Waals surface area (Å²) in [5.41, 5.74) is 1.98. The van der Waals surface area contributed by atoms with E-state index in [2.05, 4.69) is 44.3 Å². The highest BCUT2D eigenvalue weighted by atomic mass is 16.2. The first kappa shape index (κ1) is 17.4. The van der Waals surface area contributed by atoms with E-state index in [0.29, 0.717) is 25.3 Å². The van der Waals surface area contributed by atoms with Crippen LogP contribution in [-0.2, 0) is 11.2 Å². The van der Waals surface area contributed by atoms with E-state index in [-0.39, 0.29) is 5.91 Å². The number of benzene rings is 2. The predicted octanol–water partition coefficient (Wildman–Crippen LogP) is 2.16. The van der Waals surface area contributed by atoms with Crippen LogP contribution in [0.25, 0.3) is 16.8 Å². The minimum Gasteiger partial charge on any atom is -0.360 e. The molecule has 7 nitrogen and oxygen atoms in total. The van der Waals surface area contributed by atoms with E-state index in [1.165, 1.54) is 5.39 Å². The Bertz CT molecular complexity index is 1160. The Morgan fingerprint density at radius 2 is 1.83 bits per heavy atom. The van der Waals surface area contributed by atoms with Gasteiger partial charge < -0.3 is 9.80 Å². The maximum absolute atomic E-state index is 12.9. The number of nitrogens with zero attached hydrogens (tertiary/aromatic N) is 6. The van der Waals surface area contributed by atoms with Crippen LogP contribution in [0.5, 0.6) is 0 Å². The largest absolute Gasteiger partial charge is 0.360 e. The van der Waals surface area contributed by atoms with Crippen LogP contribution in [0.3, 0.4) is 0 Å². The summed E-state index contributed by atoms with van der Waals surface area (Å²) in [7, 11) is 0. The molecule has 1 saturated heterocycles. The van der Waals surface area contributed by atoms with Gasteiger partial charge in [0.15, 0.2) is 5.82 Å². The van der Waals surface area contributed by atoms with Crippen molar-refractivity contribution in [2.45, 2.75) is 6.42 Å². The molecule has 0 aliphatic carbocycles. The van der Waals surface area contributed by atoms with Gasteiger partial charge in [0, 0.05) is 32.0 Å². The molecular weight excluding hydrogens is 364 g/mol. The minimum absolute atomic E-state index is 0.172. The van der Waals surface area contributed by atoms with Crippen molar-refractivity contribution in [1.82, 2.24) is 24.7 Å². The number of carbonyl (C=O) groups is 1. The lowest BCUT2D eigenvalue weighted by molar-refractivity contribution is -0.131.